The second kappa shape index (κ2) is 9.11. The van der Waals surface area contributed by atoms with E-state index >= 15 is 0 Å². The predicted octanol–water partition coefficient (Wildman–Crippen LogP) is 3.90. The number of hydrogen-bond donors (Lipinski definition) is 1. The Bertz CT molecular complexity index is 807. The second-order valence-electron chi connectivity index (χ2n) is 6.74. The number of carbonyl (C=O) groups is 1. The zero-order valence-corrected chi connectivity index (χ0v) is 16.3. The Balaban J connectivity index is 1.56. The lowest BCUT2D eigenvalue weighted by atomic mass is 10.1. The van der Waals surface area contributed by atoms with Gasteiger partial charge in [-0.15, -0.1) is 0 Å². The van der Waals surface area contributed by atoms with E-state index in [4.69, 9.17) is 25.8 Å². The third kappa shape index (κ3) is 5.62. The molecule has 1 aliphatic heterocycles. The van der Waals surface area contributed by atoms with Crippen LogP contribution < -0.4 is 14.8 Å². The summed E-state index contributed by atoms with van der Waals surface area (Å²) in [6.07, 6.45) is 0.415. The number of nitrogens with one attached hydrogen (secondary N) is 1. The van der Waals surface area contributed by atoms with Crippen LogP contribution in [0, 0.1) is 0 Å². The zero-order valence-electron chi connectivity index (χ0n) is 15.6. The first kappa shape index (κ1) is 19.5. The lowest BCUT2D eigenvalue weighted by molar-refractivity contribution is -0.120. The Morgan fingerprint density at radius 2 is 1.93 bits per heavy atom. The van der Waals surface area contributed by atoms with Crippen molar-refractivity contribution in [2.45, 2.75) is 39.5 Å². The van der Waals surface area contributed by atoms with E-state index in [1.807, 2.05) is 44.2 Å². The van der Waals surface area contributed by atoms with Crippen LogP contribution in [0.2, 0.25) is 5.02 Å². The van der Waals surface area contributed by atoms with E-state index in [0.29, 0.717) is 42.9 Å². The molecule has 0 bridgehead atoms. The molecule has 0 saturated heterocycles. The minimum Gasteiger partial charge on any atom is -0.486 e. The molecule has 1 aliphatic rings. The summed E-state index contributed by atoms with van der Waals surface area (Å²) in [6.45, 7) is 6.01. The fourth-order valence-electron chi connectivity index (χ4n) is 2.81. The molecule has 2 aromatic rings. The fraction of sp³-hybridized carbons (Fsp3) is 0.381. The van der Waals surface area contributed by atoms with Crippen LogP contribution in [-0.4, -0.2) is 25.2 Å². The summed E-state index contributed by atoms with van der Waals surface area (Å²) in [6, 6.07) is 11.6. The van der Waals surface area contributed by atoms with Crippen LogP contribution in [0.1, 0.15) is 30.5 Å². The van der Waals surface area contributed by atoms with Gasteiger partial charge in [0, 0.05) is 6.54 Å². The van der Waals surface area contributed by atoms with Crippen molar-refractivity contribution in [1.29, 1.82) is 0 Å². The fourth-order valence-corrected chi connectivity index (χ4v) is 3.09. The highest BCUT2D eigenvalue weighted by Gasteiger charge is 2.17. The molecule has 0 saturated carbocycles. The molecule has 1 heterocycles. The van der Waals surface area contributed by atoms with E-state index in [9.17, 15) is 4.79 Å². The highest BCUT2D eigenvalue weighted by atomic mass is 35.5. The van der Waals surface area contributed by atoms with E-state index < -0.39 is 0 Å². The number of carbonyl (C=O) groups excluding carboxylic acids is 1. The Morgan fingerprint density at radius 3 is 2.74 bits per heavy atom. The molecule has 0 fully saturated rings. The standard InChI is InChI=1S/C21H24ClNO4/c1-14(2)27-13-16-5-3-4-15(8-16)12-23-20(24)11-17-9-18(22)21-19(10-17)25-6-7-26-21/h3-5,8-10,14H,6-7,11-13H2,1-2H3,(H,23,24). The first-order valence-electron chi connectivity index (χ1n) is 9.05. The van der Waals surface area contributed by atoms with Gasteiger partial charge < -0.3 is 19.5 Å². The third-order valence-electron chi connectivity index (χ3n) is 4.09. The summed E-state index contributed by atoms with van der Waals surface area (Å²) in [5.74, 6) is 1.06. The van der Waals surface area contributed by atoms with Crippen molar-refractivity contribution in [3.63, 3.8) is 0 Å². The monoisotopic (exact) mass is 389 g/mol. The van der Waals surface area contributed by atoms with Crippen molar-refractivity contribution in [2.75, 3.05) is 13.2 Å². The molecule has 3 rings (SSSR count). The molecule has 1 N–H and O–H groups in total. The quantitative estimate of drug-likeness (QED) is 0.780. The first-order valence-corrected chi connectivity index (χ1v) is 9.43. The van der Waals surface area contributed by atoms with Gasteiger partial charge in [-0.25, -0.2) is 0 Å². The molecule has 0 atom stereocenters. The van der Waals surface area contributed by atoms with Crippen LogP contribution in [0.15, 0.2) is 36.4 Å². The van der Waals surface area contributed by atoms with Gasteiger partial charge in [0.1, 0.15) is 13.2 Å². The lowest BCUT2D eigenvalue weighted by Gasteiger charge is -2.20. The second-order valence-corrected chi connectivity index (χ2v) is 7.14. The van der Waals surface area contributed by atoms with Gasteiger partial charge in [0.05, 0.1) is 24.2 Å². The topological polar surface area (TPSA) is 56.8 Å². The lowest BCUT2D eigenvalue weighted by Crippen LogP contribution is -2.24. The van der Waals surface area contributed by atoms with Gasteiger partial charge in [-0.05, 0) is 42.7 Å². The van der Waals surface area contributed by atoms with Crippen LogP contribution in [0.3, 0.4) is 0 Å². The van der Waals surface area contributed by atoms with Crippen molar-refractivity contribution in [1.82, 2.24) is 5.32 Å². The molecule has 5 nitrogen and oxygen atoms in total. The van der Waals surface area contributed by atoms with Crippen LogP contribution in [0.4, 0.5) is 0 Å². The molecule has 144 valence electrons. The van der Waals surface area contributed by atoms with Gasteiger partial charge in [0.2, 0.25) is 5.91 Å². The number of amides is 1. The van der Waals surface area contributed by atoms with E-state index in [-0.39, 0.29) is 18.4 Å². The Kier molecular flexibility index (Phi) is 6.58. The maximum Gasteiger partial charge on any atom is 0.224 e. The average molecular weight is 390 g/mol. The molecule has 0 aromatic heterocycles. The molecular weight excluding hydrogens is 366 g/mol. The Hall–Kier alpha value is -2.24. The van der Waals surface area contributed by atoms with Crippen molar-refractivity contribution in [2.24, 2.45) is 0 Å². The minimum absolute atomic E-state index is 0.0772. The van der Waals surface area contributed by atoms with Crippen molar-refractivity contribution < 1.29 is 19.0 Å². The molecule has 1 amide bonds. The summed E-state index contributed by atoms with van der Waals surface area (Å²) in [4.78, 5) is 12.3. The van der Waals surface area contributed by atoms with E-state index in [1.54, 1.807) is 6.07 Å². The molecular formula is C21H24ClNO4. The van der Waals surface area contributed by atoms with Crippen LogP contribution in [-0.2, 0) is 29.1 Å². The number of ether oxygens (including phenoxy) is 3. The largest absolute Gasteiger partial charge is 0.486 e. The normalized spacial score (nSPS) is 12.9. The van der Waals surface area contributed by atoms with Crippen molar-refractivity contribution in [3.8, 4) is 11.5 Å². The molecule has 0 spiro atoms. The van der Waals surface area contributed by atoms with E-state index in [1.165, 1.54) is 0 Å². The van der Waals surface area contributed by atoms with Gasteiger partial charge in [-0.1, -0.05) is 35.9 Å². The summed E-state index contributed by atoms with van der Waals surface area (Å²) < 4.78 is 16.7. The van der Waals surface area contributed by atoms with E-state index in [2.05, 4.69) is 5.32 Å². The number of hydrogen-bond acceptors (Lipinski definition) is 4. The van der Waals surface area contributed by atoms with Crippen LogP contribution in [0.25, 0.3) is 0 Å². The van der Waals surface area contributed by atoms with E-state index in [0.717, 1.165) is 16.7 Å². The van der Waals surface area contributed by atoms with Gasteiger partial charge in [-0.2, -0.15) is 0 Å². The van der Waals surface area contributed by atoms with Gasteiger partial charge >= 0.3 is 0 Å². The average Bonchev–Trinajstić information content (AvgIpc) is 2.65. The summed E-state index contributed by atoms with van der Waals surface area (Å²) in [5.41, 5.74) is 2.92. The molecule has 0 radical (unpaired) electrons. The van der Waals surface area contributed by atoms with Crippen molar-refractivity contribution in [3.05, 3.63) is 58.1 Å². The highest BCUT2D eigenvalue weighted by molar-refractivity contribution is 6.32. The minimum atomic E-state index is -0.0772. The third-order valence-corrected chi connectivity index (χ3v) is 4.37. The molecule has 0 unspecified atom stereocenters. The van der Waals surface area contributed by atoms with Crippen LogP contribution >= 0.6 is 11.6 Å². The highest BCUT2D eigenvalue weighted by Crippen LogP contribution is 2.38. The summed E-state index contributed by atoms with van der Waals surface area (Å²) >= 11 is 6.22. The number of benzene rings is 2. The number of halogens is 1. The number of fused-ring (bicyclic) bond motifs is 1. The summed E-state index contributed by atoms with van der Waals surface area (Å²) in [7, 11) is 0. The SMILES string of the molecule is CC(C)OCc1cccc(CNC(=O)Cc2cc(Cl)c3c(c2)OCCO3)c1. The Labute approximate surface area is 164 Å². The first-order chi connectivity index (χ1) is 13.0. The van der Waals surface area contributed by atoms with Crippen LogP contribution in [0.5, 0.6) is 11.5 Å². The predicted molar refractivity (Wildman–Crippen MR) is 104 cm³/mol. The van der Waals surface area contributed by atoms with Gasteiger partial charge in [-0.3, -0.25) is 4.79 Å². The molecule has 6 heteroatoms. The maximum atomic E-state index is 12.3. The summed E-state index contributed by atoms with van der Waals surface area (Å²) in [5, 5.41) is 3.41. The van der Waals surface area contributed by atoms with Gasteiger partial charge in [0.15, 0.2) is 11.5 Å². The van der Waals surface area contributed by atoms with Crippen molar-refractivity contribution >= 4 is 17.5 Å². The molecule has 27 heavy (non-hydrogen) atoms. The Morgan fingerprint density at radius 1 is 1.15 bits per heavy atom. The zero-order chi connectivity index (χ0) is 19.2. The number of rotatable bonds is 7. The molecule has 0 aliphatic carbocycles. The maximum absolute atomic E-state index is 12.3. The smallest absolute Gasteiger partial charge is 0.224 e. The van der Waals surface area contributed by atoms with Gasteiger partial charge in [0.25, 0.3) is 0 Å². The molecule has 2 aromatic carbocycles.